The number of ether oxygens (including phenoxy) is 1. The van der Waals surface area contributed by atoms with Crippen LogP contribution in [-0.2, 0) is 4.74 Å². The molecule has 84 valence electrons. The van der Waals surface area contributed by atoms with E-state index in [1.54, 1.807) is 0 Å². The third-order valence-corrected chi connectivity index (χ3v) is 1.93. The summed E-state index contributed by atoms with van der Waals surface area (Å²) in [4.78, 5) is 21.1. The van der Waals surface area contributed by atoms with E-state index in [2.05, 4.69) is 4.74 Å². The highest BCUT2D eigenvalue weighted by Gasteiger charge is 2.30. The van der Waals surface area contributed by atoms with Crippen molar-refractivity contribution in [2.45, 2.75) is 0 Å². The number of methoxy groups -OCH3 is 1. The van der Waals surface area contributed by atoms with Crippen molar-refractivity contribution in [1.29, 1.82) is 0 Å². The van der Waals surface area contributed by atoms with Crippen molar-refractivity contribution in [3.05, 3.63) is 33.9 Å². The molecule has 0 saturated heterocycles. The van der Waals surface area contributed by atoms with Gasteiger partial charge in [0.15, 0.2) is 0 Å². The zero-order valence-electron chi connectivity index (χ0n) is 8.28. The number of carbonyl (C=O) groups is 1. The van der Waals surface area contributed by atoms with Crippen LogP contribution in [0, 0.1) is 10.1 Å². The normalized spacial score (nSPS) is 9.69. The number of hydrogen-bond acceptors (Lipinski definition) is 6. The lowest BCUT2D eigenvalue weighted by atomic mass is 9.78. The van der Waals surface area contributed by atoms with Crippen LogP contribution >= 0.6 is 0 Å². The van der Waals surface area contributed by atoms with Gasteiger partial charge in [-0.15, -0.1) is 0 Å². The molecule has 1 aromatic carbocycles. The number of benzene rings is 1. The minimum atomic E-state index is -2.02. The topological polar surface area (TPSA) is 110 Å². The summed E-state index contributed by atoms with van der Waals surface area (Å²) in [5.74, 6) is -0.908. The van der Waals surface area contributed by atoms with Crippen molar-refractivity contribution in [3.8, 4) is 0 Å². The number of esters is 1. The molecule has 2 N–H and O–H groups in total. The predicted octanol–water partition coefficient (Wildman–Crippen LogP) is -0.939. The van der Waals surface area contributed by atoms with Crippen molar-refractivity contribution in [2.24, 2.45) is 0 Å². The average Bonchev–Trinajstić information content (AvgIpc) is 2.26. The van der Waals surface area contributed by atoms with Gasteiger partial charge in [-0.3, -0.25) is 10.1 Å². The molecule has 16 heavy (non-hydrogen) atoms. The van der Waals surface area contributed by atoms with Crippen molar-refractivity contribution >= 4 is 24.2 Å². The Labute approximate surface area is 90.6 Å². The highest BCUT2D eigenvalue weighted by molar-refractivity contribution is 6.60. The molecule has 0 amide bonds. The Bertz CT molecular complexity index is 433. The van der Waals surface area contributed by atoms with E-state index in [9.17, 15) is 14.9 Å². The van der Waals surface area contributed by atoms with Crippen molar-refractivity contribution in [1.82, 2.24) is 0 Å². The summed E-state index contributed by atoms with van der Waals surface area (Å²) >= 11 is 0. The fourth-order valence-corrected chi connectivity index (χ4v) is 1.25. The van der Waals surface area contributed by atoms with Crippen LogP contribution < -0.4 is 5.46 Å². The number of rotatable bonds is 3. The molecular weight excluding hydrogens is 217 g/mol. The summed E-state index contributed by atoms with van der Waals surface area (Å²) in [5, 5.41) is 28.6. The Morgan fingerprint density at radius 3 is 2.56 bits per heavy atom. The molecule has 0 aliphatic rings. The molecule has 7 nitrogen and oxygen atoms in total. The van der Waals surface area contributed by atoms with Crippen molar-refractivity contribution in [2.75, 3.05) is 7.11 Å². The standard InChI is InChI=1S/C8H8BNO6/c1-16-8(11)5-3-2-4-6(9(12)13)7(5)10(14)15/h2-4,12-13H,1H3. The highest BCUT2D eigenvalue weighted by Crippen LogP contribution is 2.16. The van der Waals surface area contributed by atoms with E-state index < -0.39 is 23.7 Å². The fraction of sp³-hybridized carbons (Fsp3) is 0.125. The van der Waals surface area contributed by atoms with Gasteiger partial charge in [0.2, 0.25) is 0 Å². The molecule has 0 bridgehead atoms. The Kier molecular flexibility index (Phi) is 3.59. The first-order chi connectivity index (χ1) is 7.49. The molecule has 0 radical (unpaired) electrons. The van der Waals surface area contributed by atoms with Crippen molar-refractivity contribution < 1.29 is 24.5 Å². The van der Waals surface area contributed by atoms with Crippen LogP contribution in [0.4, 0.5) is 5.69 Å². The van der Waals surface area contributed by atoms with Crippen LogP contribution in [0.5, 0.6) is 0 Å². The SMILES string of the molecule is COC(=O)c1cccc(B(O)O)c1[N+](=O)[O-]. The van der Waals surface area contributed by atoms with Crippen LogP contribution in [-0.4, -0.2) is 35.2 Å². The third-order valence-electron chi connectivity index (χ3n) is 1.93. The lowest BCUT2D eigenvalue weighted by molar-refractivity contribution is -0.384. The maximum atomic E-state index is 11.2. The lowest BCUT2D eigenvalue weighted by Crippen LogP contribution is -2.33. The summed E-state index contributed by atoms with van der Waals surface area (Å²) in [5.41, 5.74) is -1.34. The Morgan fingerprint density at radius 1 is 1.50 bits per heavy atom. The predicted molar refractivity (Wildman–Crippen MR) is 54.3 cm³/mol. The molecule has 0 fully saturated rings. The first-order valence-electron chi connectivity index (χ1n) is 4.20. The zero-order valence-corrected chi connectivity index (χ0v) is 8.28. The molecule has 0 unspecified atom stereocenters. The number of nitro groups is 1. The molecule has 0 aromatic heterocycles. The summed E-state index contributed by atoms with van der Waals surface area (Å²) in [6.45, 7) is 0. The number of nitrogens with zero attached hydrogens (tertiary/aromatic N) is 1. The highest BCUT2D eigenvalue weighted by atomic mass is 16.6. The molecule has 1 rings (SSSR count). The molecular formula is C8H8BNO6. The number of carbonyl (C=O) groups excluding carboxylic acids is 1. The van der Waals surface area contributed by atoms with Crippen molar-refractivity contribution in [3.63, 3.8) is 0 Å². The van der Waals surface area contributed by atoms with Gasteiger partial charge in [-0.1, -0.05) is 12.1 Å². The van der Waals surface area contributed by atoms with Gasteiger partial charge in [-0.25, -0.2) is 4.79 Å². The Hall–Kier alpha value is -1.93. The zero-order chi connectivity index (χ0) is 12.3. The molecule has 0 spiro atoms. The summed E-state index contributed by atoms with van der Waals surface area (Å²) < 4.78 is 4.36. The van der Waals surface area contributed by atoms with E-state index >= 15 is 0 Å². The van der Waals surface area contributed by atoms with E-state index in [1.807, 2.05) is 0 Å². The smallest absolute Gasteiger partial charge is 0.465 e. The molecule has 0 aliphatic carbocycles. The maximum absolute atomic E-state index is 11.2. The second-order valence-corrected chi connectivity index (χ2v) is 2.87. The average molecular weight is 225 g/mol. The van der Waals surface area contributed by atoms with E-state index in [1.165, 1.54) is 12.1 Å². The third kappa shape index (κ3) is 2.18. The summed E-state index contributed by atoms with van der Waals surface area (Å²) in [7, 11) is -0.946. The van der Waals surface area contributed by atoms with E-state index in [0.29, 0.717) is 0 Å². The number of para-hydroxylation sites is 1. The molecule has 1 aromatic rings. The largest absolute Gasteiger partial charge is 0.495 e. The fourth-order valence-electron chi connectivity index (χ4n) is 1.25. The summed E-state index contributed by atoms with van der Waals surface area (Å²) in [6, 6.07) is 3.62. The van der Waals surface area contributed by atoms with Gasteiger partial charge in [-0.2, -0.15) is 0 Å². The van der Waals surface area contributed by atoms with E-state index in [4.69, 9.17) is 10.0 Å². The Balaban J connectivity index is 3.44. The van der Waals surface area contributed by atoms with E-state index in [0.717, 1.165) is 13.2 Å². The van der Waals surface area contributed by atoms with Gasteiger partial charge >= 0.3 is 13.1 Å². The van der Waals surface area contributed by atoms with Gasteiger partial charge in [0.25, 0.3) is 5.69 Å². The van der Waals surface area contributed by atoms with E-state index in [-0.39, 0.29) is 11.0 Å². The second-order valence-electron chi connectivity index (χ2n) is 2.87. The monoisotopic (exact) mass is 225 g/mol. The van der Waals surface area contributed by atoms with Gasteiger partial charge in [0.05, 0.1) is 17.5 Å². The molecule has 0 saturated carbocycles. The van der Waals surface area contributed by atoms with Crippen LogP contribution in [0.25, 0.3) is 0 Å². The van der Waals surface area contributed by atoms with Crippen LogP contribution in [0.3, 0.4) is 0 Å². The molecule has 0 atom stereocenters. The molecule has 8 heteroatoms. The first-order valence-corrected chi connectivity index (χ1v) is 4.20. The van der Waals surface area contributed by atoms with Crippen LogP contribution in [0.2, 0.25) is 0 Å². The second kappa shape index (κ2) is 4.73. The van der Waals surface area contributed by atoms with Crippen LogP contribution in [0.1, 0.15) is 10.4 Å². The number of nitro benzene ring substituents is 1. The van der Waals surface area contributed by atoms with Crippen LogP contribution in [0.15, 0.2) is 18.2 Å². The van der Waals surface area contributed by atoms with Gasteiger partial charge in [-0.05, 0) is 6.07 Å². The van der Waals surface area contributed by atoms with Gasteiger partial charge in [0, 0.05) is 0 Å². The molecule has 0 heterocycles. The minimum Gasteiger partial charge on any atom is -0.465 e. The Morgan fingerprint density at radius 2 is 2.12 bits per heavy atom. The molecule has 0 aliphatic heterocycles. The first kappa shape index (κ1) is 12.1. The maximum Gasteiger partial charge on any atom is 0.495 e. The van der Waals surface area contributed by atoms with Gasteiger partial charge in [0.1, 0.15) is 5.56 Å². The minimum absolute atomic E-state index is 0.321. The number of hydrogen-bond donors (Lipinski definition) is 2. The van der Waals surface area contributed by atoms with Gasteiger partial charge < -0.3 is 14.8 Å². The lowest BCUT2D eigenvalue weighted by Gasteiger charge is -2.05. The summed E-state index contributed by atoms with van der Waals surface area (Å²) in [6.07, 6.45) is 0. The quantitative estimate of drug-likeness (QED) is 0.297.